The van der Waals surface area contributed by atoms with Crippen molar-refractivity contribution in [2.24, 2.45) is 11.3 Å². The summed E-state index contributed by atoms with van der Waals surface area (Å²) < 4.78 is 13.0. The third-order valence-electron chi connectivity index (χ3n) is 11.1. The Morgan fingerprint density at radius 3 is 2.81 bits per heavy atom. The van der Waals surface area contributed by atoms with Gasteiger partial charge in [0, 0.05) is 23.8 Å². The molecular formula is C32H38N2O2. The fourth-order valence-electron chi connectivity index (χ4n) is 9.38. The van der Waals surface area contributed by atoms with Crippen molar-refractivity contribution in [1.29, 1.82) is 0 Å². The normalized spacial score (nSPS) is 42.1. The van der Waals surface area contributed by atoms with E-state index in [1.54, 1.807) is 5.57 Å². The summed E-state index contributed by atoms with van der Waals surface area (Å²) in [6.07, 6.45) is 18.6. The van der Waals surface area contributed by atoms with E-state index in [2.05, 4.69) is 60.6 Å². The molecule has 2 aromatic rings. The minimum atomic E-state index is -0.0883. The van der Waals surface area contributed by atoms with E-state index in [9.17, 15) is 0 Å². The highest BCUT2D eigenvalue weighted by molar-refractivity contribution is 5.82. The van der Waals surface area contributed by atoms with Crippen LogP contribution in [0.1, 0.15) is 76.7 Å². The Morgan fingerprint density at radius 1 is 1.03 bits per heavy atom. The molecule has 8 rings (SSSR count). The lowest BCUT2D eigenvalue weighted by atomic mass is 9.58. The lowest BCUT2D eigenvalue weighted by molar-refractivity contribution is -0.140. The van der Waals surface area contributed by atoms with Crippen molar-refractivity contribution in [1.82, 2.24) is 10.3 Å². The molecule has 4 fully saturated rings. The van der Waals surface area contributed by atoms with Crippen molar-refractivity contribution in [2.45, 2.75) is 93.9 Å². The van der Waals surface area contributed by atoms with Gasteiger partial charge in [-0.1, -0.05) is 31.2 Å². The molecule has 36 heavy (non-hydrogen) atoms. The molecule has 188 valence electrons. The van der Waals surface area contributed by atoms with E-state index in [1.165, 1.54) is 54.0 Å². The minimum Gasteiger partial charge on any atom is -0.377 e. The average Bonchev–Trinajstić information content (AvgIpc) is 3.38. The molecule has 2 saturated carbocycles. The van der Waals surface area contributed by atoms with Crippen LogP contribution >= 0.6 is 0 Å². The van der Waals surface area contributed by atoms with Gasteiger partial charge >= 0.3 is 0 Å². The zero-order valence-electron chi connectivity index (χ0n) is 21.7. The quantitative estimate of drug-likeness (QED) is 0.564. The van der Waals surface area contributed by atoms with Crippen LogP contribution in [0.15, 0.2) is 60.0 Å². The highest BCUT2D eigenvalue weighted by Crippen LogP contribution is 2.69. The first-order chi connectivity index (χ1) is 17.4. The number of allylic oxidation sites excluding steroid dienone is 1. The van der Waals surface area contributed by atoms with Crippen LogP contribution in [-0.4, -0.2) is 41.0 Å². The lowest BCUT2D eigenvalue weighted by Gasteiger charge is -2.55. The van der Waals surface area contributed by atoms with Crippen LogP contribution < -0.4 is 5.32 Å². The highest BCUT2D eigenvalue weighted by Gasteiger charge is 2.66. The molecule has 2 spiro atoms. The first-order valence-corrected chi connectivity index (χ1v) is 14.2. The smallest absolute Gasteiger partial charge is 0.0974 e. The van der Waals surface area contributed by atoms with E-state index in [0.717, 1.165) is 32.5 Å². The van der Waals surface area contributed by atoms with Gasteiger partial charge in [-0.3, -0.25) is 4.98 Å². The molecule has 4 nitrogen and oxygen atoms in total. The van der Waals surface area contributed by atoms with Crippen LogP contribution in [-0.2, 0) is 9.47 Å². The van der Waals surface area contributed by atoms with Gasteiger partial charge in [0.15, 0.2) is 0 Å². The van der Waals surface area contributed by atoms with Crippen LogP contribution in [0.2, 0.25) is 0 Å². The Hall–Kier alpha value is -2.01. The molecule has 0 amide bonds. The molecule has 0 unspecified atom stereocenters. The molecule has 1 N–H and O–H groups in total. The molecule has 1 aromatic carbocycles. The van der Waals surface area contributed by atoms with Crippen LogP contribution in [0, 0.1) is 11.3 Å². The fourth-order valence-corrected chi connectivity index (χ4v) is 9.38. The standard InChI is InChI=1S/C32H38N2O2/c1-29(19-35-20-29)34-26-6-5-24-16-25-9-11-30(2)27(22-4-3-21-10-14-33-18-23(21)15-22)7-8-28(30)32(25)13-12-31(24,17-26)36-32/h3-4,9-10,14-16,18,26-28,34H,5-8,11-13,17,19-20H2,1-2H3/t26-,27-,28-,30-,31-,32-/m1/s1. The van der Waals surface area contributed by atoms with Gasteiger partial charge in [0.1, 0.15) is 0 Å². The number of benzene rings is 1. The summed E-state index contributed by atoms with van der Waals surface area (Å²) in [4.78, 5) is 4.39. The lowest BCUT2D eigenvalue weighted by Crippen LogP contribution is -2.63. The number of aromatic nitrogens is 1. The van der Waals surface area contributed by atoms with E-state index in [4.69, 9.17) is 9.47 Å². The summed E-state index contributed by atoms with van der Waals surface area (Å²) in [5.41, 5.74) is 4.83. The molecule has 3 aliphatic carbocycles. The number of nitrogens with zero attached hydrogens (tertiary/aromatic N) is 1. The van der Waals surface area contributed by atoms with Gasteiger partial charge < -0.3 is 14.8 Å². The van der Waals surface area contributed by atoms with Crippen molar-refractivity contribution in [3.8, 4) is 0 Å². The summed E-state index contributed by atoms with van der Waals surface area (Å²) in [7, 11) is 0. The maximum Gasteiger partial charge on any atom is 0.0974 e. The van der Waals surface area contributed by atoms with E-state index in [0.29, 0.717) is 17.9 Å². The van der Waals surface area contributed by atoms with Gasteiger partial charge in [0.05, 0.1) is 30.0 Å². The fraction of sp³-hybridized carbons (Fsp3) is 0.594. The van der Waals surface area contributed by atoms with Gasteiger partial charge in [0.25, 0.3) is 0 Å². The summed E-state index contributed by atoms with van der Waals surface area (Å²) in [6.45, 7) is 6.56. The molecule has 3 aliphatic heterocycles. The summed E-state index contributed by atoms with van der Waals surface area (Å²) in [5.74, 6) is 1.16. The molecule has 1 aromatic heterocycles. The number of fused-ring (bicyclic) bond motifs is 2. The molecule has 2 bridgehead atoms. The predicted octanol–water partition coefficient (Wildman–Crippen LogP) is 6.22. The molecular weight excluding hydrogens is 444 g/mol. The SMILES string of the molecule is CC1(N[C@@H]2CCC3=CC4=CC[C@]5(C)[C@@H](c6ccc7ccncc7c6)CC[C@H]5[C@@]45CC[C@]3(C2)O5)COC1. The maximum absolute atomic E-state index is 7.49. The number of nitrogens with one attached hydrogen (secondary N) is 1. The minimum absolute atomic E-state index is 0.0564. The first-order valence-electron chi connectivity index (χ1n) is 14.2. The molecule has 6 atom stereocenters. The van der Waals surface area contributed by atoms with Gasteiger partial charge in [-0.2, -0.15) is 0 Å². The third kappa shape index (κ3) is 2.90. The van der Waals surface area contributed by atoms with Gasteiger partial charge in [-0.25, -0.2) is 0 Å². The largest absolute Gasteiger partial charge is 0.377 e. The molecule has 0 radical (unpaired) electrons. The molecule has 6 aliphatic rings. The van der Waals surface area contributed by atoms with E-state index in [-0.39, 0.29) is 22.2 Å². The van der Waals surface area contributed by atoms with Crippen LogP contribution in [0.5, 0.6) is 0 Å². The molecule has 4 heteroatoms. The second-order valence-electron chi connectivity index (χ2n) is 13.3. The van der Waals surface area contributed by atoms with E-state index < -0.39 is 0 Å². The van der Waals surface area contributed by atoms with Crippen molar-refractivity contribution in [3.05, 3.63) is 65.5 Å². The zero-order chi connectivity index (χ0) is 24.2. The second-order valence-corrected chi connectivity index (χ2v) is 13.3. The van der Waals surface area contributed by atoms with Crippen LogP contribution in [0.25, 0.3) is 10.8 Å². The topological polar surface area (TPSA) is 43.4 Å². The Kier molecular flexibility index (Phi) is 4.47. The van der Waals surface area contributed by atoms with Crippen LogP contribution in [0.4, 0.5) is 0 Å². The Morgan fingerprint density at radius 2 is 1.94 bits per heavy atom. The van der Waals surface area contributed by atoms with Gasteiger partial charge in [-0.05, 0) is 110 Å². The summed E-state index contributed by atoms with van der Waals surface area (Å²) in [5, 5.41) is 6.50. The Labute approximate surface area is 214 Å². The predicted molar refractivity (Wildman–Crippen MR) is 142 cm³/mol. The summed E-state index contributed by atoms with van der Waals surface area (Å²) >= 11 is 0. The first kappa shape index (κ1) is 22.0. The highest BCUT2D eigenvalue weighted by atomic mass is 16.5. The van der Waals surface area contributed by atoms with Crippen molar-refractivity contribution in [3.63, 3.8) is 0 Å². The van der Waals surface area contributed by atoms with Gasteiger partial charge in [-0.15, -0.1) is 0 Å². The van der Waals surface area contributed by atoms with Crippen molar-refractivity contribution >= 4 is 10.8 Å². The van der Waals surface area contributed by atoms with Crippen LogP contribution in [0.3, 0.4) is 0 Å². The number of hydrogen-bond donors (Lipinski definition) is 1. The third-order valence-corrected chi connectivity index (χ3v) is 11.1. The molecule has 2 saturated heterocycles. The summed E-state index contributed by atoms with van der Waals surface area (Å²) in [6, 6.07) is 9.74. The van der Waals surface area contributed by atoms with Crippen molar-refractivity contribution < 1.29 is 9.47 Å². The van der Waals surface area contributed by atoms with E-state index in [1.807, 2.05) is 12.4 Å². The number of ether oxygens (including phenoxy) is 2. The number of hydrogen-bond acceptors (Lipinski definition) is 4. The second kappa shape index (κ2) is 7.30. The maximum atomic E-state index is 7.49. The Bertz CT molecular complexity index is 1310. The van der Waals surface area contributed by atoms with Gasteiger partial charge in [0.2, 0.25) is 0 Å². The zero-order valence-corrected chi connectivity index (χ0v) is 21.7. The molecule has 4 heterocycles. The number of pyridine rings is 1. The van der Waals surface area contributed by atoms with E-state index >= 15 is 0 Å². The Balaban J connectivity index is 1.13. The average molecular weight is 483 g/mol. The van der Waals surface area contributed by atoms with Crippen molar-refractivity contribution in [2.75, 3.05) is 13.2 Å². The monoisotopic (exact) mass is 482 g/mol. The number of rotatable bonds is 3.